The number of rotatable bonds is 3. The maximum absolute atomic E-state index is 12.1. The van der Waals surface area contributed by atoms with Gasteiger partial charge in [0.15, 0.2) is 0 Å². The molecular formula is C15H14ClNO. The summed E-state index contributed by atoms with van der Waals surface area (Å²) in [6.07, 6.45) is 0. The Morgan fingerprint density at radius 2 is 1.67 bits per heavy atom. The van der Waals surface area contributed by atoms with Crippen molar-refractivity contribution in [2.45, 2.75) is 12.8 Å². The number of benzene rings is 2. The topological polar surface area (TPSA) is 29.1 Å². The van der Waals surface area contributed by atoms with Crippen LogP contribution in [0, 0.1) is 0 Å². The Morgan fingerprint density at radius 1 is 1.06 bits per heavy atom. The summed E-state index contributed by atoms with van der Waals surface area (Å²) in [7, 11) is 0. The van der Waals surface area contributed by atoms with Gasteiger partial charge in [0, 0.05) is 0 Å². The first-order valence-corrected chi connectivity index (χ1v) is 6.16. The third-order valence-electron chi connectivity index (χ3n) is 2.82. The van der Waals surface area contributed by atoms with Crippen LogP contribution < -0.4 is 5.32 Å². The summed E-state index contributed by atoms with van der Waals surface area (Å²) in [6.45, 7) is 1.88. The Labute approximate surface area is 112 Å². The van der Waals surface area contributed by atoms with E-state index in [0.717, 1.165) is 5.56 Å². The average Bonchev–Trinajstić information content (AvgIpc) is 2.41. The standard InChI is InChI=1S/C15H14ClNO/c1-11(12-7-3-2-4-8-12)15(18)17-14-10-6-5-9-13(14)16/h2-11H,1H3,(H,17,18)/t11-/m1/s1. The van der Waals surface area contributed by atoms with Crippen LogP contribution in [-0.2, 0) is 4.79 Å². The molecule has 2 aromatic rings. The molecule has 0 heterocycles. The van der Waals surface area contributed by atoms with Crippen molar-refractivity contribution in [1.82, 2.24) is 0 Å². The van der Waals surface area contributed by atoms with Gasteiger partial charge in [-0.3, -0.25) is 4.79 Å². The molecule has 1 amide bonds. The van der Waals surface area contributed by atoms with Gasteiger partial charge in [0.05, 0.1) is 16.6 Å². The van der Waals surface area contributed by atoms with Crippen LogP contribution in [0.4, 0.5) is 5.69 Å². The lowest BCUT2D eigenvalue weighted by molar-refractivity contribution is -0.117. The Kier molecular flexibility index (Phi) is 4.00. The first-order valence-electron chi connectivity index (χ1n) is 5.79. The van der Waals surface area contributed by atoms with E-state index in [1.165, 1.54) is 0 Å². The van der Waals surface area contributed by atoms with E-state index in [2.05, 4.69) is 5.32 Å². The predicted octanol–water partition coefficient (Wildman–Crippen LogP) is 4.08. The fourth-order valence-corrected chi connectivity index (χ4v) is 1.88. The number of carbonyl (C=O) groups is 1. The van der Waals surface area contributed by atoms with Crippen LogP contribution in [0.15, 0.2) is 54.6 Å². The third-order valence-corrected chi connectivity index (χ3v) is 3.15. The molecule has 0 saturated heterocycles. The summed E-state index contributed by atoms with van der Waals surface area (Å²) in [5.41, 5.74) is 1.63. The third kappa shape index (κ3) is 2.90. The number of nitrogens with one attached hydrogen (secondary N) is 1. The van der Waals surface area contributed by atoms with Crippen molar-refractivity contribution in [3.05, 3.63) is 65.2 Å². The first kappa shape index (κ1) is 12.7. The second-order valence-corrected chi connectivity index (χ2v) is 4.51. The molecule has 0 radical (unpaired) electrons. The van der Waals surface area contributed by atoms with Gasteiger partial charge in [-0.25, -0.2) is 0 Å². The molecule has 2 nitrogen and oxygen atoms in total. The minimum atomic E-state index is -0.206. The van der Waals surface area contributed by atoms with Gasteiger partial charge in [0.2, 0.25) is 5.91 Å². The van der Waals surface area contributed by atoms with Crippen LogP contribution in [0.3, 0.4) is 0 Å². The van der Waals surface area contributed by atoms with Crippen LogP contribution >= 0.6 is 11.6 Å². The summed E-state index contributed by atoms with van der Waals surface area (Å²) >= 11 is 6.00. The maximum atomic E-state index is 12.1. The van der Waals surface area contributed by atoms with Crippen molar-refractivity contribution in [3.8, 4) is 0 Å². The second kappa shape index (κ2) is 5.69. The van der Waals surface area contributed by atoms with Crippen molar-refractivity contribution in [1.29, 1.82) is 0 Å². The number of hydrogen-bond acceptors (Lipinski definition) is 1. The van der Waals surface area contributed by atoms with Gasteiger partial charge in [-0.15, -0.1) is 0 Å². The highest BCUT2D eigenvalue weighted by molar-refractivity contribution is 6.33. The van der Waals surface area contributed by atoms with Gasteiger partial charge in [0.25, 0.3) is 0 Å². The highest BCUT2D eigenvalue weighted by Crippen LogP contribution is 2.23. The van der Waals surface area contributed by atoms with Gasteiger partial charge < -0.3 is 5.32 Å². The number of halogens is 1. The maximum Gasteiger partial charge on any atom is 0.231 e. The lowest BCUT2D eigenvalue weighted by Gasteiger charge is -2.13. The van der Waals surface area contributed by atoms with Crippen molar-refractivity contribution in [3.63, 3.8) is 0 Å². The van der Waals surface area contributed by atoms with Crippen LogP contribution in [0.25, 0.3) is 0 Å². The summed E-state index contributed by atoms with van der Waals surface area (Å²) in [6, 6.07) is 16.9. The molecule has 1 atom stereocenters. The van der Waals surface area contributed by atoms with Crippen LogP contribution in [0.2, 0.25) is 5.02 Å². The van der Waals surface area contributed by atoms with E-state index >= 15 is 0 Å². The zero-order valence-corrected chi connectivity index (χ0v) is 10.8. The quantitative estimate of drug-likeness (QED) is 0.884. The van der Waals surface area contributed by atoms with Crippen molar-refractivity contribution in [2.75, 3.05) is 5.32 Å². The predicted molar refractivity (Wildman–Crippen MR) is 74.9 cm³/mol. The molecule has 0 unspecified atom stereocenters. The van der Waals surface area contributed by atoms with E-state index in [1.807, 2.05) is 49.4 Å². The molecular weight excluding hydrogens is 246 g/mol. The van der Waals surface area contributed by atoms with Crippen molar-refractivity contribution < 1.29 is 4.79 Å². The lowest BCUT2D eigenvalue weighted by atomic mass is 10.0. The van der Waals surface area contributed by atoms with Crippen LogP contribution in [-0.4, -0.2) is 5.91 Å². The molecule has 0 bridgehead atoms. The molecule has 0 saturated carbocycles. The van der Waals surface area contributed by atoms with E-state index in [-0.39, 0.29) is 11.8 Å². The molecule has 0 aromatic heterocycles. The molecule has 1 N–H and O–H groups in total. The van der Waals surface area contributed by atoms with Gasteiger partial charge in [0.1, 0.15) is 0 Å². The number of amides is 1. The molecule has 0 aliphatic carbocycles. The Bertz CT molecular complexity index is 539. The smallest absolute Gasteiger partial charge is 0.231 e. The van der Waals surface area contributed by atoms with Gasteiger partial charge in [-0.05, 0) is 24.6 Å². The van der Waals surface area contributed by atoms with Crippen molar-refractivity contribution in [2.24, 2.45) is 0 Å². The van der Waals surface area contributed by atoms with E-state index in [0.29, 0.717) is 10.7 Å². The second-order valence-electron chi connectivity index (χ2n) is 4.10. The fraction of sp³-hybridized carbons (Fsp3) is 0.133. The van der Waals surface area contributed by atoms with Crippen LogP contribution in [0.1, 0.15) is 18.4 Å². The van der Waals surface area contributed by atoms with Gasteiger partial charge in [-0.1, -0.05) is 54.1 Å². The fourth-order valence-electron chi connectivity index (χ4n) is 1.70. The highest BCUT2D eigenvalue weighted by atomic mass is 35.5. The summed E-state index contributed by atoms with van der Waals surface area (Å²) in [4.78, 5) is 12.1. The highest BCUT2D eigenvalue weighted by Gasteiger charge is 2.15. The molecule has 2 rings (SSSR count). The van der Waals surface area contributed by atoms with E-state index < -0.39 is 0 Å². The normalized spacial score (nSPS) is 11.9. The van der Waals surface area contributed by atoms with E-state index in [4.69, 9.17) is 11.6 Å². The van der Waals surface area contributed by atoms with Gasteiger partial charge >= 0.3 is 0 Å². The molecule has 18 heavy (non-hydrogen) atoms. The van der Waals surface area contributed by atoms with Crippen molar-refractivity contribution >= 4 is 23.2 Å². The Balaban J connectivity index is 2.12. The number of anilines is 1. The Hall–Kier alpha value is -1.80. The number of carbonyl (C=O) groups excluding carboxylic acids is 1. The number of hydrogen-bond donors (Lipinski definition) is 1. The molecule has 0 aliphatic rings. The molecule has 0 fully saturated rings. The monoisotopic (exact) mass is 259 g/mol. The molecule has 0 aliphatic heterocycles. The molecule has 0 spiro atoms. The minimum absolute atomic E-state index is 0.0608. The van der Waals surface area contributed by atoms with E-state index in [1.54, 1.807) is 12.1 Å². The summed E-state index contributed by atoms with van der Waals surface area (Å²) in [5.74, 6) is -0.267. The zero-order chi connectivity index (χ0) is 13.0. The van der Waals surface area contributed by atoms with Crippen LogP contribution in [0.5, 0.6) is 0 Å². The minimum Gasteiger partial charge on any atom is -0.324 e. The molecule has 92 valence electrons. The number of para-hydroxylation sites is 1. The SMILES string of the molecule is C[C@@H](C(=O)Nc1ccccc1Cl)c1ccccc1. The molecule has 2 aromatic carbocycles. The Morgan fingerprint density at radius 3 is 2.33 bits per heavy atom. The van der Waals surface area contributed by atoms with Gasteiger partial charge in [-0.2, -0.15) is 0 Å². The van der Waals surface area contributed by atoms with E-state index in [9.17, 15) is 4.79 Å². The largest absolute Gasteiger partial charge is 0.324 e. The lowest BCUT2D eigenvalue weighted by Crippen LogP contribution is -2.18. The summed E-state index contributed by atoms with van der Waals surface area (Å²) < 4.78 is 0. The molecule has 3 heteroatoms. The zero-order valence-electron chi connectivity index (χ0n) is 10.1. The average molecular weight is 260 g/mol. The summed E-state index contributed by atoms with van der Waals surface area (Å²) in [5, 5.41) is 3.38. The first-order chi connectivity index (χ1) is 8.68.